The molecule has 0 saturated carbocycles. The Morgan fingerprint density at radius 2 is 2.32 bits per heavy atom. The number of methoxy groups -OCH3 is 1. The number of fused-ring (bicyclic) bond motifs is 1. The first-order valence-electron chi connectivity index (χ1n) is 9.24. The second kappa shape index (κ2) is 9.51. The fourth-order valence-corrected chi connectivity index (χ4v) is 3.35. The summed E-state index contributed by atoms with van der Waals surface area (Å²) in [5.41, 5.74) is 2.40. The molecule has 1 atom stereocenters. The van der Waals surface area contributed by atoms with Crippen LogP contribution in [-0.4, -0.2) is 59.5 Å². The molecule has 0 spiro atoms. The predicted molar refractivity (Wildman–Crippen MR) is 105 cm³/mol. The van der Waals surface area contributed by atoms with Crippen molar-refractivity contribution in [2.24, 2.45) is 0 Å². The number of nitrogens with zero attached hydrogens (tertiary/aromatic N) is 2. The molecule has 0 aliphatic carbocycles. The summed E-state index contributed by atoms with van der Waals surface area (Å²) in [5.74, 6) is 3.79. The first-order valence-corrected chi connectivity index (χ1v) is 9.24. The van der Waals surface area contributed by atoms with Gasteiger partial charge in [0.15, 0.2) is 0 Å². The number of terminal acetylenes is 1. The number of hydrogen-bond donors (Lipinski definition) is 2. The minimum Gasteiger partial charge on any atom is -0.497 e. The van der Waals surface area contributed by atoms with Crippen LogP contribution in [0.3, 0.4) is 0 Å². The van der Waals surface area contributed by atoms with E-state index in [2.05, 4.69) is 15.9 Å². The standard InChI is InChI=1S/C21H25N3O4/c1-3-9-28-14-16(25)12-24-8-7-19-18(13-24)21(26)23-20(22-19)11-15-5-4-6-17(10-15)27-2/h1,4-6,10,16,25H,7-9,11-14H2,2H3,(H,22,23,26). The number of aromatic nitrogens is 2. The number of aromatic amines is 1. The van der Waals surface area contributed by atoms with E-state index in [-0.39, 0.29) is 18.8 Å². The van der Waals surface area contributed by atoms with Gasteiger partial charge in [-0.2, -0.15) is 0 Å². The summed E-state index contributed by atoms with van der Waals surface area (Å²) in [5, 5.41) is 10.0. The summed E-state index contributed by atoms with van der Waals surface area (Å²) >= 11 is 0. The molecule has 0 radical (unpaired) electrons. The molecule has 2 N–H and O–H groups in total. The zero-order valence-electron chi connectivity index (χ0n) is 16.0. The highest BCUT2D eigenvalue weighted by atomic mass is 16.5. The minimum absolute atomic E-state index is 0.120. The number of rotatable bonds is 8. The Labute approximate surface area is 164 Å². The van der Waals surface area contributed by atoms with Gasteiger partial charge in [0.2, 0.25) is 0 Å². The number of hydrogen-bond acceptors (Lipinski definition) is 6. The average Bonchev–Trinajstić information content (AvgIpc) is 2.69. The smallest absolute Gasteiger partial charge is 0.255 e. The summed E-state index contributed by atoms with van der Waals surface area (Å²) in [6.45, 7) is 1.98. The summed E-state index contributed by atoms with van der Waals surface area (Å²) in [6.07, 6.45) is 5.69. The van der Waals surface area contributed by atoms with Crippen molar-refractivity contribution < 1.29 is 14.6 Å². The molecule has 7 nitrogen and oxygen atoms in total. The van der Waals surface area contributed by atoms with E-state index in [9.17, 15) is 9.90 Å². The number of aliphatic hydroxyl groups is 1. The molecular formula is C21H25N3O4. The molecule has 1 aromatic heterocycles. The lowest BCUT2D eigenvalue weighted by Crippen LogP contribution is -2.41. The van der Waals surface area contributed by atoms with Crippen LogP contribution in [0.25, 0.3) is 0 Å². The van der Waals surface area contributed by atoms with Crippen LogP contribution in [0.5, 0.6) is 5.75 Å². The van der Waals surface area contributed by atoms with E-state index in [0.29, 0.717) is 37.3 Å². The second-order valence-corrected chi connectivity index (χ2v) is 6.82. The topological polar surface area (TPSA) is 87.7 Å². The first-order chi connectivity index (χ1) is 13.6. The van der Waals surface area contributed by atoms with Crippen LogP contribution in [0.15, 0.2) is 29.1 Å². The van der Waals surface area contributed by atoms with Gasteiger partial charge in [-0.3, -0.25) is 9.69 Å². The Morgan fingerprint density at radius 3 is 3.11 bits per heavy atom. The third-order valence-electron chi connectivity index (χ3n) is 4.67. The fraction of sp³-hybridized carbons (Fsp3) is 0.429. The number of ether oxygens (including phenoxy) is 2. The van der Waals surface area contributed by atoms with Crippen molar-refractivity contribution in [3.05, 3.63) is 57.3 Å². The Hall–Kier alpha value is -2.66. The van der Waals surface area contributed by atoms with Gasteiger partial charge in [-0.25, -0.2) is 4.98 Å². The number of nitrogens with one attached hydrogen (secondary N) is 1. The lowest BCUT2D eigenvalue weighted by molar-refractivity contribution is 0.0248. The third-order valence-corrected chi connectivity index (χ3v) is 4.67. The fourth-order valence-electron chi connectivity index (χ4n) is 3.35. The predicted octanol–water partition coefficient (Wildman–Crippen LogP) is 0.738. The van der Waals surface area contributed by atoms with Crippen molar-refractivity contribution in [3.8, 4) is 18.1 Å². The van der Waals surface area contributed by atoms with Crippen molar-refractivity contribution >= 4 is 0 Å². The molecule has 0 amide bonds. The molecule has 148 valence electrons. The molecule has 3 rings (SSSR count). The second-order valence-electron chi connectivity index (χ2n) is 6.82. The van der Waals surface area contributed by atoms with Gasteiger partial charge in [-0.15, -0.1) is 6.42 Å². The molecule has 1 aliphatic heterocycles. The van der Waals surface area contributed by atoms with Crippen molar-refractivity contribution in [1.29, 1.82) is 0 Å². The van der Waals surface area contributed by atoms with Crippen LogP contribution >= 0.6 is 0 Å². The van der Waals surface area contributed by atoms with Gasteiger partial charge in [0.25, 0.3) is 5.56 Å². The molecular weight excluding hydrogens is 358 g/mol. The maximum Gasteiger partial charge on any atom is 0.255 e. The largest absolute Gasteiger partial charge is 0.497 e. The number of aliphatic hydroxyl groups excluding tert-OH is 1. The Bertz CT molecular complexity index is 903. The first kappa shape index (κ1) is 20.1. The molecule has 2 heterocycles. The summed E-state index contributed by atoms with van der Waals surface area (Å²) in [6, 6.07) is 7.71. The van der Waals surface area contributed by atoms with Crippen molar-refractivity contribution in [1.82, 2.24) is 14.9 Å². The summed E-state index contributed by atoms with van der Waals surface area (Å²) in [4.78, 5) is 22.2. The van der Waals surface area contributed by atoms with E-state index in [0.717, 1.165) is 23.6 Å². The van der Waals surface area contributed by atoms with Gasteiger partial charge in [0, 0.05) is 32.5 Å². The highest BCUT2D eigenvalue weighted by Crippen LogP contribution is 2.17. The lowest BCUT2D eigenvalue weighted by atomic mass is 10.1. The molecule has 0 bridgehead atoms. The van der Waals surface area contributed by atoms with E-state index in [4.69, 9.17) is 15.9 Å². The highest BCUT2D eigenvalue weighted by molar-refractivity contribution is 5.31. The summed E-state index contributed by atoms with van der Waals surface area (Å²) in [7, 11) is 1.63. The van der Waals surface area contributed by atoms with Crippen LogP contribution < -0.4 is 10.3 Å². The third kappa shape index (κ3) is 5.20. The Balaban J connectivity index is 1.66. The molecule has 2 aromatic rings. The van der Waals surface area contributed by atoms with Crippen LogP contribution in [0.4, 0.5) is 0 Å². The van der Waals surface area contributed by atoms with Gasteiger partial charge in [-0.05, 0) is 17.7 Å². The van der Waals surface area contributed by atoms with Crippen molar-refractivity contribution in [3.63, 3.8) is 0 Å². The number of β-amino-alcohol motifs (C(OH)–C–C–N with tert-alkyl or cyclic N) is 1. The van der Waals surface area contributed by atoms with Gasteiger partial charge < -0.3 is 19.6 Å². The van der Waals surface area contributed by atoms with E-state index >= 15 is 0 Å². The normalized spacial score (nSPS) is 14.9. The molecule has 7 heteroatoms. The molecule has 0 fully saturated rings. The van der Waals surface area contributed by atoms with Crippen LogP contribution in [-0.2, 0) is 24.1 Å². The lowest BCUT2D eigenvalue weighted by Gasteiger charge is -2.29. The highest BCUT2D eigenvalue weighted by Gasteiger charge is 2.23. The van der Waals surface area contributed by atoms with Gasteiger partial charge >= 0.3 is 0 Å². The zero-order chi connectivity index (χ0) is 19.9. The molecule has 1 aromatic carbocycles. The van der Waals surface area contributed by atoms with Crippen LogP contribution in [0.1, 0.15) is 22.6 Å². The number of benzene rings is 1. The van der Waals surface area contributed by atoms with Gasteiger partial charge in [-0.1, -0.05) is 18.1 Å². The van der Waals surface area contributed by atoms with E-state index in [1.807, 2.05) is 29.2 Å². The maximum absolute atomic E-state index is 12.6. The van der Waals surface area contributed by atoms with Crippen molar-refractivity contribution in [2.75, 3.05) is 33.4 Å². The molecule has 0 saturated heterocycles. The molecule has 1 unspecified atom stereocenters. The van der Waals surface area contributed by atoms with Crippen LogP contribution in [0.2, 0.25) is 0 Å². The van der Waals surface area contributed by atoms with Crippen molar-refractivity contribution in [2.45, 2.75) is 25.5 Å². The molecule has 1 aliphatic rings. The van der Waals surface area contributed by atoms with Gasteiger partial charge in [0.1, 0.15) is 18.2 Å². The Kier molecular flexibility index (Phi) is 6.82. The molecule has 28 heavy (non-hydrogen) atoms. The minimum atomic E-state index is -0.644. The summed E-state index contributed by atoms with van der Waals surface area (Å²) < 4.78 is 10.4. The quantitative estimate of drug-likeness (QED) is 0.516. The van der Waals surface area contributed by atoms with E-state index in [1.165, 1.54) is 0 Å². The zero-order valence-corrected chi connectivity index (χ0v) is 16.0. The number of H-pyrrole nitrogens is 1. The van der Waals surface area contributed by atoms with Gasteiger partial charge in [0.05, 0.1) is 31.1 Å². The average molecular weight is 383 g/mol. The SMILES string of the molecule is C#CCOCC(O)CN1CCc2nc(Cc3cccc(OC)c3)[nH]c(=O)c2C1. The van der Waals surface area contributed by atoms with Crippen LogP contribution in [0, 0.1) is 12.3 Å². The van der Waals surface area contributed by atoms with E-state index in [1.54, 1.807) is 7.11 Å². The monoisotopic (exact) mass is 383 g/mol. The van der Waals surface area contributed by atoms with E-state index < -0.39 is 6.10 Å². The maximum atomic E-state index is 12.6. The Morgan fingerprint density at radius 1 is 1.46 bits per heavy atom.